The number of fused-ring (bicyclic) bond motifs is 1. The standard InChI is InChI=1S/C15H13N3O3/c1-20-13-2-3-15(11(6-13)9-19)21-10-12-7-17-18-5-4-16-8-14(12)18/h2-9H,10H2,1H3. The Labute approximate surface area is 120 Å². The van der Waals surface area contributed by atoms with Crippen molar-refractivity contribution in [2.24, 2.45) is 0 Å². The van der Waals surface area contributed by atoms with Crippen molar-refractivity contribution in [2.75, 3.05) is 7.11 Å². The van der Waals surface area contributed by atoms with Gasteiger partial charge in [0.25, 0.3) is 0 Å². The number of methoxy groups -OCH3 is 1. The summed E-state index contributed by atoms with van der Waals surface area (Å²) in [6.07, 6.45) is 7.62. The molecule has 106 valence electrons. The van der Waals surface area contributed by atoms with Gasteiger partial charge in [0.1, 0.15) is 18.1 Å². The molecule has 2 heterocycles. The first-order valence-corrected chi connectivity index (χ1v) is 6.34. The molecule has 6 heteroatoms. The zero-order valence-electron chi connectivity index (χ0n) is 11.4. The zero-order valence-corrected chi connectivity index (χ0v) is 11.4. The maximum atomic E-state index is 11.1. The second-order valence-electron chi connectivity index (χ2n) is 4.39. The first-order chi connectivity index (χ1) is 10.3. The molecule has 0 aliphatic heterocycles. The van der Waals surface area contributed by atoms with Crippen molar-refractivity contribution in [3.05, 3.63) is 54.1 Å². The Hall–Kier alpha value is -2.89. The van der Waals surface area contributed by atoms with Crippen LogP contribution in [0.3, 0.4) is 0 Å². The van der Waals surface area contributed by atoms with Crippen LogP contribution in [0.2, 0.25) is 0 Å². The van der Waals surface area contributed by atoms with Crippen LogP contribution in [0.1, 0.15) is 15.9 Å². The molecule has 3 rings (SSSR count). The molecule has 0 radical (unpaired) electrons. The molecule has 3 aromatic rings. The van der Waals surface area contributed by atoms with Gasteiger partial charge in [0.15, 0.2) is 6.29 Å². The maximum absolute atomic E-state index is 11.1. The first-order valence-electron chi connectivity index (χ1n) is 6.34. The molecule has 0 aliphatic rings. The van der Waals surface area contributed by atoms with Gasteiger partial charge in [-0.3, -0.25) is 9.78 Å². The molecule has 0 atom stereocenters. The Morgan fingerprint density at radius 2 is 2.24 bits per heavy atom. The second-order valence-corrected chi connectivity index (χ2v) is 4.39. The highest BCUT2D eigenvalue weighted by atomic mass is 16.5. The number of carbonyl (C=O) groups excluding carboxylic acids is 1. The van der Waals surface area contributed by atoms with Gasteiger partial charge in [0.05, 0.1) is 30.6 Å². The van der Waals surface area contributed by atoms with Gasteiger partial charge in [0, 0.05) is 18.0 Å². The van der Waals surface area contributed by atoms with Crippen LogP contribution in [0.15, 0.2) is 43.0 Å². The molecule has 0 saturated heterocycles. The summed E-state index contributed by atoms with van der Waals surface area (Å²) in [6, 6.07) is 5.10. The minimum absolute atomic E-state index is 0.308. The van der Waals surface area contributed by atoms with E-state index in [-0.39, 0.29) is 0 Å². The number of hydrogen-bond acceptors (Lipinski definition) is 5. The minimum atomic E-state index is 0.308. The number of carbonyl (C=O) groups is 1. The van der Waals surface area contributed by atoms with E-state index in [0.29, 0.717) is 23.7 Å². The third kappa shape index (κ3) is 2.55. The number of aldehydes is 1. The highest BCUT2D eigenvalue weighted by Crippen LogP contribution is 2.24. The van der Waals surface area contributed by atoms with E-state index in [1.54, 1.807) is 54.6 Å². The van der Waals surface area contributed by atoms with Crippen molar-refractivity contribution in [3.8, 4) is 11.5 Å². The summed E-state index contributed by atoms with van der Waals surface area (Å²) in [6.45, 7) is 0.308. The molecule has 0 spiro atoms. The van der Waals surface area contributed by atoms with E-state index < -0.39 is 0 Å². The van der Waals surface area contributed by atoms with E-state index in [4.69, 9.17) is 9.47 Å². The molecular weight excluding hydrogens is 270 g/mol. The third-order valence-corrected chi connectivity index (χ3v) is 3.13. The average Bonchev–Trinajstić information content (AvgIpc) is 2.96. The normalized spacial score (nSPS) is 10.5. The molecule has 0 fully saturated rings. The van der Waals surface area contributed by atoms with Gasteiger partial charge in [-0.1, -0.05) is 0 Å². The maximum Gasteiger partial charge on any atom is 0.153 e. The molecule has 0 N–H and O–H groups in total. The van der Waals surface area contributed by atoms with E-state index in [2.05, 4.69) is 10.1 Å². The number of hydrogen-bond donors (Lipinski definition) is 0. The number of rotatable bonds is 5. The largest absolute Gasteiger partial charge is 0.497 e. The van der Waals surface area contributed by atoms with Gasteiger partial charge in [-0.15, -0.1) is 0 Å². The fourth-order valence-corrected chi connectivity index (χ4v) is 2.03. The molecule has 0 unspecified atom stereocenters. The molecule has 21 heavy (non-hydrogen) atoms. The smallest absolute Gasteiger partial charge is 0.153 e. The summed E-state index contributed by atoms with van der Waals surface area (Å²) in [5, 5.41) is 4.21. The van der Waals surface area contributed by atoms with Gasteiger partial charge in [-0.2, -0.15) is 5.10 Å². The van der Waals surface area contributed by atoms with E-state index in [1.807, 2.05) is 0 Å². The summed E-state index contributed by atoms with van der Waals surface area (Å²) < 4.78 is 12.5. The highest BCUT2D eigenvalue weighted by molar-refractivity contribution is 5.80. The lowest BCUT2D eigenvalue weighted by Gasteiger charge is -2.09. The Kier molecular flexibility index (Phi) is 3.51. The predicted octanol–water partition coefficient (Wildman–Crippen LogP) is 2.13. The van der Waals surface area contributed by atoms with Crippen LogP contribution in [-0.4, -0.2) is 28.0 Å². The van der Waals surface area contributed by atoms with Crippen LogP contribution >= 0.6 is 0 Å². The fraction of sp³-hybridized carbons (Fsp3) is 0.133. The van der Waals surface area contributed by atoms with Crippen molar-refractivity contribution in [2.45, 2.75) is 6.61 Å². The van der Waals surface area contributed by atoms with E-state index in [0.717, 1.165) is 17.4 Å². The molecule has 0 aliphatic carbocycles. The monoisotopic (exact) mass is 283 g/mol. The third-order valence-electron chi connectivity index (χ3n) is 3.13. The summed E-state index contributed by atoms with van der Waals surface area (Å²) in [5.74, 6) is 1.12. The van der Waals surface area contributed by atoms with Crippen LogP contribution < -0.4 is 9.47 Å². The summed E-state index contributed by atoms with van der Waals surface area (Å²) in [4.78, 5) is 15.2. The fourth-order valence-electron chi connectivity index (χ4n) is 2.03. The molecule has 2 aromatic heterocycles. The van der Waals surface area contributed by atoms with Crippen molar-refractivity contribution in [1.29, 1.82) is 0 Å². The van der Waals surface area contributed by atoms with Crippen molar-refractivity contribution in [1.82, 2.24) is 14.6 Å². The summed E-state index contributed by atoms with van der Waals surface area (Å²) in [7, 11) is 1.55. The summed E-state index contributed by atoms with van der Waals surface area (Å²) in [5.41, 5.74) is 2.22. The Balaban J connectivity index is 1.83. The topological polar surface area (TPSA) is 65.7 Å². The van der Waals surface area contributed by atoms with Crippen LogP contribution in [0, 0.1) is 0 Å². The number of ether oxygens (including phenoxy) is 2. The number of nitrogens with zero attached hydrogens (tertiary/aromatic N) is 3. The SMILES string of the molecule is COc1ccc(OCc2cnn3ccncc23)c(C=O)c1. The molecule has 6 nitrogen and oxygen atoms in total. The van der Waals surface area contributed by atoms with Crippen molar-refractivity contribution < 1.29 is 14.3 Å². The van der Waals surface area contributed by atoms with E-state index in [9.17, 15) is 4.79 Å². The molecule has 0 saturated carbocycles. The Bertz CT molecular complexity index is 783. The lowest BCUT2D eigenvalue weighted by molar-refractivity contribution is 0.111. The van der Waals surface area contributed by atoms with Crippen LogP contribution in [0.5, 0.6) is 11.5 Å². The van der Waals surface area contributed by atoms with Gasteiger partial charge in [-0.25, -0.2) is 4.52 Å². The minimum Gasteiger partial charge on any atom is -0.497 e. The zero-order chi connectivity index (χ0) is 14.7. The van der Waals surface area contributed by atoms with Gasteiger partial charge >= 0.3 is 0 Å². The molecule has 0 amide bonds. The van der Waals surface area contributed by atoms with Crippen LogP contribution in [0.4, 0.5) is 0 Å². The summed E-state index contributed by atoms with van der Waals surface area (Å²) >= 11 is 0. The van der Waals surface area contributed by atoms with E-state index >= 15 is 0 Å². The molecule has 1 aromatic carbocycles. The van der Waals surface area contributed by atoms with Gasteiger partial charge in [-0.05, 0) is 18.2 Å². The number of benzene rings is 1. The molecule has 0 bridgehead atoms. The first kappa shape index (κ1) is 13.1. The van der Waals surface area contributed by atoms with Crippen LogP contribution in [-0.2, 0) is 6.61 Å². The Morgan fingerprint density at radius 3 is 3.05 bits per heavy atom. The molecular formula is C15H13N3O3. The van der Waals surface area contributed by atoms with Gasteiger partial charge in [0.2, 0.25) is 0 Å². The average molecular weight is 283 g/mol. The predicted molar refractivity (Wildman–Crippen MR) is 75.7 cm³/mol. The quantitative estimate of drug-likeness (QED) is 0.671. The highest BCUT2D eigenvalue weighted by Gasteiger charge is 2.08. The lowest BCUT2D eigenvalue weighted by Crippen LogP contribution is -1.99. The Morgan fingerprint density at radius 1 is 1.33 bits per heavy atom. The van der Waals surface area contributed by atoms with Crippen molar-refractivity contribution in [3.63, 3.8) is 0 Å². The van der Waals surface area contributed by atoms with Gasteiger partial charge < -0.3 is 9.47 Å². The number of aromatic nitrogens is 3. The van der Waals surface area contributed by atoms with Crippen LogP contribution in [0.25, 0.3) is 5.52 Å². The second kappa shape index (κ2) is 5.62. The lowest BCUT2D eigenvalue weighted by atomic mass is 10.2. The van der Waals surface area contributed by atoms with Crippen molar-refractivity contribution >= 4 is 11.8 Å². The van der Waals surface area contributed by atoms with E-state index in [1.165, 1.54) is 0 Å².